The van der Waals surface area contributed by atoms with Crippen molar-refractivity contribution in [3.8, 4) is 6.07 Å². The maximum atomic E-state index is 12.6. The number of piperazine rings is 1. The molecule has 0 spiro atoms. The van der Waals surface area contributed by atoms with Gasteiger partial charge in [-0.3, -0.25) is 4.90 Å². The Kier molecular flexibility index (Phi) is 4.67. The topological polar surface area (TPSA) is 64.4 Å². The van der Waals surface area contributed by atoms with Gasteiger partial charge in [-0.05, 0) is 44.0 Å². The molecule has 1 aromatic carbocycles. The zero-order valence-corrected chi connectivity index (χ0v) is 13.5. The highest BCUT2D eigenvalue weighted by Gasteiger charge is 2.30. The van der Waals surface area contributed by atoms with Crippen molar-refractivity contribution in [3.05, 3.63) is 29.3 Å². The van der Waals surface area contributed by atoms with Gasteiger partial charge in [0.15, 0.2) is 0 Å². The first-order valence-electron chi connectivity index (χ1n) is 7.07. The minimum absolute atomic E-state index is 0.170. The van der Waals surface area contributed by atoms with Crippen molar-refractivity contribution in [2.45, 2.75) is 31.7 Å². The van der Waals surface area contributed by atoms with Gasteiger partial charge in [0.1, 0.15) is 0 Å². The first-order valence-corrected chi connectivity index (χ1v) is 8.51. The summed E-state index contributed by atoms with van der Waals surface area (Å²) in [5.74, 6) is 0. The fourth-order valence-corrected chi connectivity index (χ4v) is 3.94. The molecule has 0 amide bonds. The minimum Gasteiger partial charge on any atom is -0.286 e. The molecule has 1 fully saturated rings. The molecule has 1 aliphatic rings. The van der Waals surface area contributed by atoms with E-state index in [0.717, 1.165) is 11.1 Å². The van der Waals surface area contributed by atoms with E-state index in [9.17, 15) is 8.42 Å². The molecule has 0 aromatic heterocycles. The molecular formula is C15H21N3O2S. The SMILES string of the molecule is Cc1ccc(S(=O)(=O)N2CCN([C@H](C)C#N)CC2)cc1C. The molecule has 1 atom stereocenters. The number of hydrogen-bond acceptors (Lipinski definition) is 4. The molecule has 6 heteroatoms. The molecule has 0 radical (unpaired) electrons. The first kappa shape index (κ1) is 16.0. The van der Waals surface area contributed by atoms with Gasteiger partial charge >= 0.3 is 0 Å². The monoisotopic (exact) mass is 307 g/mol. The average Bonchev–Trinajstić information content (AvgIpc) is 2.49. The summed E-state index contributed by atoms with van der Waals surface area (Å²) in [7, 11) is -3.43. The maximum Gasteiger partial charge on any atom is 0.243 e. The lowest BCUT2D eigenvalue weighted by molar-refractivity contribution is 0.169. The molecule has 114 valence electrons. The lowest BCUT2D eigenvalue weighted by atomic mass is 10.1. The largest absolute Gasteiger partial charge is 0.286 e. The summed E-state index contributed by atoms with van der Waals surface area (Å²) < 4.78 is 26.8. The van der Waals surface area contributed by atoms with Crippen LogP contribution < -0.4 is 0 Å². The van der Waals surface area contributed by atoms with E-state index < -0.39 is 10.0 Å². The smallest absolute Gasteiger partial charge is 0.243 e. The predicted octanol–water partition coefficient (Wildman–Crippen LogP) is 1.52. The Morgan fingerprint density at radius 1 is 1.14 bits per heavy atom. The molecule has 5 nitrogen and oxygen atoms in total. The van der Waals surface area contributed by atoms with Crippen LogP contribution in [0.5, 0.6) is 0 Å². The lowest BCUT2D eigenvalue weighted by Crippen LogP contribution is -2.50. The molecule has 0 aliphatic carbocycles. The van der Waals surface area contributed by atoms with Gasteiger partial charge in [0.05, 0.1) is 17.0 Å². The Hall–Kier alpha value is -1.42. The molecular weight excluding hydrogens is 286 g/mol. The summed E-state index contributed by atoms with van der Waals surface area (Å²) in [6.07, 6.45) is 0. The van der Waals surface area contributed by atoms with Gasteiger partial charge in [-0.15, -0.1) is 0 Å². The van der Waals surface area contributed by atoms with E-state index in [1.165, 1.54) is 4.31 Å². The van der Waals surface area contributed by atoms with Crippen LogP contribution >= 0.6 is 0 Å². The normalized spacial score (nSPS) is 19.1. The Bertz CT molecular complexity index is 656. The number of hydrogen-bond donors (Lipinski definition) is 0. The molecule has 0 bridgehead atoms. The Morgan fingerprint density at radius 3 is 2.29 bits per heavy atom. The predicted molar refractivity (Wildman–Crippen MR) is 81.3 cm³/mol. The van der Waals surface area contributed by atoms with Gasteiger partial charge in [-0.2, -0.15) is 9.57 Å². The number of benzene rings is 1. The van der Waals surface area contributed by atoms with E-state index in [0.29, 0.717) is 31.1 Å². The summed E-state index contributed by atoms with van der Waals surface area (Å²) in [5, 5.41) is 8.92. The fraction of sp³-hybridized carbons (Fsp3) is 0.533. The standard InChI is InChI=1S/C15H21N3O2S/c1-12-4-5-15(10-13(12)2)21(19,20)18-8-6-17(7-9-18)14(3)11-16/h4-5,10,14H,6-9H2,1-3H3/t14-/m1/s1. The van der Waals surface area contributed by atoms with Crippen LogP contribution in [0.4, 0.5) is 0 Å². The van der Waals surface area contributed by atoms with Crippen molar-refractivity contribution in [2.75, 3.05) is 26.2 Å². The van der Waals surface area contributed by atoms with Crippen LogP contribution in [0.3, 0.4) is 0 Å². The van der Waals surface area contributed by atoms with Crippen LogP contribution in [-0.4, -0.2) is 49.8 Å². The van der Waals surface area contributed by atoms with Crippen molar-refractivity contribution in [2.24, 2.45) is 0 Å². The first-order chi connectivity index (χ1) is 9.86. The van der Waals surface area contributed by atoms with Gasteiger partial charge in [0, 0.05) is 26.2 Å². The van der Waals surface area contributed by atoms with Gasteiger partial charge in [-0.25, -0.2) is 8.42 Å². The molecule has 2 rings (SSSR count). The van der Waals surface area contributed by atoms with Crippen molar-refractivity contribution in [1.82, 2.24) is 9.21 Å². The number of aryl methyl sites for hydroxylation is 2. The van der Waals surface area contributed by atoms with Crippen LogP contribution in [0.25, 0.3) is 0 Å². The minimum atomic E-state index is -3.43. The number of sulfonamides is 1. The van der Waals surface area contributed by atoms with Crippen LogP contribution in [-0.2, 0) is 10.0 Å². The van der Waals surface area contributed by atoms with Gasteiger partial charge in [0.2, 0.25) is 10.0 Å². The Labute approximate surface area is 126 Å². The third-order valence-corrected chi connectivity index (χ3v) is 6.02. The Morgan fingerprint density at radius 2 is 1.76 bits per heavy atom. The summed E-state index contributed by atoms with van der Waals surface area (Å²) in [5.41, 5.74) is 2.06. The van der Waals surface area contributed by atoms with Crippen LogP contribution in [0.2, 0.25) is 0 Å². The lowest BCUT2D eigenvalue weighted by Gasteiger charge is -2.35. The third-order valence-electron chi connectivity index (χ3n) is 4.12. The molecule has 1 heterocycles. The van der Waals surface area contributed by atoms with Gasteiger partial charge < -0.3 is 0 Å². The van der Waals surface area contributed by atoms with Crippen molar-refractivity contribution in [1.29, 1.82) is 5.26 Å². The van der Waals surface area contributed by atoms with E-state index in [-0.39, 0.29) is 6.04 Å². The zero-order valence-electron chi connectivity index (χ0n) is 12.7. The molecule has 21 heavy (non-hydrogen) atoms. The summed E-state index contributed by atoms with van der Waals surface area (Å²) in [4.78, 5) is 2.36. The molecule has 0 unspecified atom stereocenters. The molecule has 0 saturated carbocycles. The fourth-order valence-electron chi connectivity index (χ4n) is 2.44. The van der Waals surface area contributed by atoms with Gasteiger partial charge in [-0.1, -0.05) is 6.07 Å². The second-order valence-electron chi connectivity index (χ2n) is 5.49. The molecule has 1 saturated heterocycles. The second-order valence-corrected chi connectivity index (χ2v) is 7.43. The summed E-state index contributed by atoms with van der Waals surface area (Å²) >= 11 is 0. The molecule has 1 aromatic rings. The quantitative estimate of drug-likeness (QED) is 0.849. The van der Waals surface area contributed by atoms with Crippen LogP contribution in [0.1, 0.15) is 18.1 Å². The third kappa shape index (κ3) is 3.26. The zero-order chi connectivity index (χ0) is 15.6. The van der Waals surface area contributed by atoms with Crippen LogP contribution in [0.15, 0.2) is 23.1 Å². The van der Waals surface area contributed by atoms with Crippen molar-refractivity contribution in [3.63, 3.8) is 0 Å². The number of nitriles is 1. The van der Waals surface area contributed by atoms with Crippen LogP contribution in [0, 0.1) is 25.2 Å². The van der Waals surface area contributed by atoms with Crippen molar-refractivity contribution < 1.29 is 8.42 Å². The maximum absolute atomic E-state index is 12.6. The molecule has 1 aliphatic heterocycles. The average molecular weight is 307 g/mol. The number of nitrogens with zero attached hydrogens (tertiary/aromatic N) is 3. The van der Waals surface area contributed by atoms with E-state index in [1.54, 1.807) is 12.1 Å². The second kappa shape index (κ2) is 6.14. The highest BCUT2D eigenvalue weighted by atomic mass is 32.2. The molecule has 0 N–H and O–H groups in total. The van der Waals surface area contributed by atoms with E-state index in [1.807, 2.05) is 31.7 Å². The van der Waals surface area contributed by atoms with Crippen molar-refractivity contribution >= 4 is 10.0 Å². The number of rotatable bonds is 3. The summed E-state index contributed by atoms with van der Waals surface area (Å²) in [6, 6.07) is 7.26. The van der Waals surface area contributed by atoms with Gasteiger partial charge in [0.25, 0.3) is 0 Å². The highest BCUT2D eigenvalue weighted by Crippen LogP contribution is 2.20. The van der Waals surface area contributed by atoms with E-state index >= 15 is 0 Å². The highest BCUT2D eigenvalue weighted by molar-refractivity contribution is 7.89. The van der Waals surface area contributed by atoms with E-state index in [4.69, 9.17) is 5.26 Å². The van der Waals surface area contributed by atoms with E-state index in [2.05, 4.69) is 6.07 Å². The summed E-state index contributed by atoms with van der Waals surface area (Å²) in [6.45, 7) is 7.78. The Balaban J connectivity index is 2.15.